The second-order valence-corrected chi connectivity index (χ2v) is 8.41. The average molecular weight is 486 g/mol. The fourth-order valence-electron chi connectivity index (χ4n) is 4.01. The molecule has 1 atom stereocenters. The fraction of sp³-hybridized carbons (Fsp3) is 0.308. The number of pyridine rings is 1. The van der Waals surface area contributed by atoms with Gasteiger partial charge in [0, 0.05) is 44.1 Å². The Morgan fingerprint density at radius 2 is 1.74 bits per heavy atom. The number of rotatable bonds is 8. The molecule has 0 radical (unpaired) electrons. The Hall–Kier alpha value is -3.43. The monoisotopic (exact) mass is 485 g/mol. The Morgan fingerprint density at radius 1 is 0.971 bits per heavy atom. The van der Waals surface area contributed by atoms with Gasteiger partial charge >= 0.3 is 0 Å². The van der Waals surface area contributed by atoms with E-state index in [1.807, 2.05) is 30.3 Å². The third-order valence-corrected chi connectivity index (χ3v) is 5.86. The minimum atomic E-state index is -1.25. The van der Waals surface area contributed by atoms with Gasteiger partial charge < -0.3 is 14.4 Å². The predicted molar refractivity (Wildman–Crippen MR) is 123 cm³/mol. The highest BCUT2D eigenvalue weighted by Gasteiger charge is 2.30. The van der Waals surface area contributed by atoms with Gasteiger partial charge in [0.1, 0.15) is 11.6 Å². The maximum absolute atomic E-state index is 14.3. The molecule has 0 spiro atoms. The maximum atomic E-state index is 14.3. The molecule has 1 saturated heterocycles. The molecular formula is C26H26F3N3O3. The summed E-state index contributed by atoms with van der Waals surface area (Å²) < 4.78 is 53.6. The van der Waals surface area contributed by atoms with Crippen LogP contribution >= 0.6 is 0 Å². The lowest BCUT2D eigenvalue weighted by Gasteiger charge is -2.25. The van der Waals surface area contributed by atoms with E-state index in [1.54, 1.807) is 35.4 Å². The van der Waals surface area contributed by atoms with E-state index in [9.17, 15) is 18.0 Å². The van der Waals surface area contributed by atoms with E-state index in [0.29, 0.717) is 12.3 Å². The number of amides is 1. The summed E-state index contributed by atoms with van der Waals surface area (Å²) in [7, 11) is 1.58. The van der Waals surface area contributed by atoms with Gasteiger partial charge in [-0.2, -0.15) is 0 Å². The van der Waals surface area contributed by atoms with Gasteiger partial charge in [-0.25, -0.2) is 13.2 Å². The van der Waals surface area contributed by atoms with Gasteiger partial charge in [0.25, 0.3) is 0 Å². The standard InChI is InChI=1S/C26H26F3N3O3/c1-34-20-6-4-18(5-7-20)12-32-14-21(35-17-19-3-2-10-30-11-19)13-31(16-25(32)33)15-22-23(27)8-9-24(28)26(22)29/h2-11,21H,12-17H2,1H3/t21-/m1/s1. The maximum Gasteiger partial charge on any atom is 0.237 e. The average Bonchev–Trinajstić information content (AvgIpc) is 3.02. The molecule has 3 aromatic rings. The van der Waals surface area contributed by atoms with Gasteiger partial charge in [-0.05, 0) is 41.5 Å². The van der Waals surface area contributed by atoms with Gasteiger partial charge in [-0.3, -0.25) is 14.7 Å². The molecule has 1 amide bonds. The summed E-state index contributed by atoms with van der Waals surface area (Å²) >= 11 is 0. The van der Waals surface area contributed by atoms with Crippen LogP contribution in [0.1, 0.15) is 16.7 Å². The van der Waals surface area contributed by atoms with Gasteiger partial charge in [0.2, 0.25) is 5.91 Å². The molecule has 1 aromatic heterocycles. The van der Waals surface area contributed by atoms with Crippen molar-refractivity contribution in [1.82, 2.24) is 14.8 Å². The summed E-state index contributed by atoms with van der Waals surface area (Å²) in [4.78, 5) is 20.5. The molecule has 0 N–H and O–H groups in total. The lowest BCUT2D eigenvalue weighted by Crippen LogP contribution is -2.37. The van der Waals surface area contributed by atoms with Gasteiger partial charge in [0.15, 0.2) is 11.6 Å². The second-order valence-electron chi connectivity index (χ2n) is 8.41. The molecule has 1 aliphatic heterocycles. The van der Waals surface area contributed by atoms with Gasteiger partial charge in [-0.1, -0.05) is 18.2 Å². The van der Waals surface area contributed by atoms with Gasteiger partial charge in [0.05, 0.1) is 26.4 Å². The molecule has 0 aliphatic carbocycles. The van der Waals surface area contributed by atoms with Crippen molar-refractivity contribution in [3.05, 3.63) is 95.1 Å². The summed E-state index contributed by atoms with van der Waals surface area (Å²) in [5.41, 5.74) is 1.35. The number of methoxy groups -OCH3 is 1. The first-order valence-corrected chi connectivity index (χ1v) is 11.2. The van der Waals surface area contributed by atoms with Crippen molar-refractivity contribution in [3.8, 4) is 5.75 Å². The zero-order chi connectivity index (χ0) is 24.8. The Balaban J connectivity index is 1.53. The van der Waals surface area contributed by atoms with E-state index >= 15 is 0 Å². The summed E-state index contributed by atoms with van der Waals surface area (Å²) in [6, 6.07) is 12.7. The van der Waals surface area contributed by atoms with E-state index in [1.165, 1.54) is 0 Å². The van der Waals surface area contributed by atoms with Crippen LogP contribution in [0.2, 0.25) is 0 Å². The Bertz CT molecular complexity index is 1150. The van der Waals surface area contributed by atoms with Crippen LogP contribution in [-0.2, 0) is 29.2 Å². The molecule has 1 fully saturated rings. The summed E-state index contributed by atoms with van der Waals surface area (Å²) in [5, 5.41) is 0. The van der Waals surface area contributed by atoms with Crippen LogP contribution in [-0.4, -0.2) is 53.5 Å². The number of ether oxygens (including phenoxy) is 2. The SMILES string of the molecule is COc1ccc(CN2C[C@H](OCc3cccnc3)CN(Cc3c(F)ccc(F)c3F)CC2=O)cc1. The first-order valence-electron chi connectivity index (χ1n) is 11.2. The number of hydrogen-bond donors (Lipinski definition) is 0. The Kier molecular flexibility index (Phi) is 7.99. The third-order valence-electron chi connectivity index (χ3n) is 5.86. The summed E-state index contributed by atoms with van der Waals surface area (Å²) in [6.45, 7) is 0.782. The van der Waals surface area contributed by atoms with E-state index in [0.717, 1.165) is 23.3 Å². The Morgan fingerprint density at radius 3 is 2.46 bits per heavy atom. The highest BCUT2D eigenvalue weighted by molar-refractivity contribution is 5.78. The van der Waals surface area contributed by atoms with Crippen LogP contribution in [0.3, 0.4) is 0 Å². The molecule has 0 bridgehead atoms. The van der Waals surface area contributed by atoms with Crippen molar-refractivity contribution in [3.63, 3.8) is 0 Å². The number of halogens is 3. The van der Waals surface area contributed by atoms with Crippen LogP contribution in [0.5, 0.6) is 5.75 Å². The molecule has 6 nitrogen and oxygen atoms in total. The highest BCUT2D eigenvalue weighted by atomic mass is 19.2. The molecule has 1 aliphatic rings. The lowest BCUT2D eigenvalue weighted by molar-refractivity contribution is -0.132. The second kappa shape index (κ2) is 11.3. The topological polar surface area (TPSA) is 54.9 Å². The van der Waals surface area contributed by atoms with Gasteiger partial charge in [-0.15, -0.1) is 0 Å². The molecule has 2 aromatic carbocycles. The third kappa shape index (κ3) is 6.37. The minimum Gasteiger partial charge on any atom is -0.497 e. The lowest BCUT2D eigenvalue weighted by atomic mass is 10.1. The first-order chi connectivity index (χ1) is 16.9. The number of benzene rings is 2. The van der Waals surface area contributed by atoms with E-state index in [2.05, 4.69) is 4.98 Å². The molecule has 0 saturated carbocycles. The number of carbonyl (C=O) groups excluding carboxylic acids is 1. The van der Waals surface area contributed by atoms with Crippen LogP contribution in [0.25, 0.3) is 0 Å². The number of carbonyl (C=O) groups is 1. The minimum absolute atomic E-state index is 0.0850. The molecule has 2 heterocycles. The fourth-order valence-corrected chi connectivity index (χ4v) is 4.01. The molecule has 184 valence electrons. The quantitative estimate of drug-likeness (QED) is 0.453. The van der Waals surface area contributed by atoms with Crippen molar-refractivity contribution in [2.75, 3.05) is 26.7 Å². The molecule has 4 rings (SSSR count). The largest absolute Gasteiger partial charge is 0.497 e. The first kappa shape index (κ1) is 24.7. The normalized spacial score (nSPS) is 16.9. The number of hydrogen-bond acceptors (Lipinski definition) is 5. The van der Waals surface area contributed by atoms with E-state index < -0.39 is 29.1 Å². The van der Waals surface area contributed by atoms with Crippen LogP contribution in [0.15, 0.2) is 60.9 Å². The molecule has 0 unspecified atom stereocenters. The van der Waals surface area contributed by atoms with Crippen LogP contribution in [0, 0.1) is 17.5 Å². The van der Waals surface area contributed by atoms with Crippen LogP contribution in [0.4, 0.5) is 13.2 Å². The number of aromatic nitrogens is 1. The van der Waals surface area contributed by atoms with Crippen molar-refractivity contribution in [2.45, 2.75) is 25.8 Å². The molecule has 35 heavy (non-hydrogen) atoms. The zero-order valence-corrected chi connectivity index (χ0v) is 19.3. The van der Waals surface area contributed by atoms with Crippen molar-refractivity contribution >= 4 is 5.91 Å². The smallest absolute Gasteiger partial charge is 0.237 e. The summed E-state index contributed by atoms with van der Waals surface area (Å²) in [5.74, 6) is -2.74. The van der Waals surface area contributed by atoms with Crippen molar-refractivity contribution < 1.29 is 27.4 Å². The van der Waals surface area contributed by atoms with Crippen molar-refractivity contribution in [2.24, 2.45) is 0 Å². The molecular weight excluding hydrogens is 459 g/mol. The highest BCUT2D eigenvalue weighted by Crippen LogP contribution is 2.21. The Labute approximate surface area is 201 Å². The van der Waals surface area contributed by atoms with Crippen LogP contribution < -0.4 is 4.74 Å². The van der Waals surface area contributed by atoms with E-state index in [-0.39, 0.29) is 38.7 Å². The zero-order valence-electron chi connectivity index (χ0n) is 19.3. The predicted octanol–water partition coefficient (Wildman–Crippen LogP) is 3.94. The number of nitrogens with zero attached hydrogens (tertiary/aromatic N) is 3. The van der Waals surface area contributed by atoms with Crippen molar-refractivity contribution in [1.29, 1.82) is 0 Å². The van der Waals surface area contributed by atoms with E-state index in [4.69, 9.17) is 9.47 Å². The molecule has 9 heteroatoms. The summed E-state index contributed by atoms with van der Waals surface area (Å²) in [6.07, 6.45) is 2.90.